The monoisotopic (exact) mass is 356 g/mol. The van der Waals surface area contributed by atoms with E-state index in [1.54, 1.807) is 6.07 Å². The van der Waals surface area contributed by atoms with Gasteiger partial charge in [-0.3, -0.25) is 11.3 Å². The summed E-state index contributed by atoms with van der Waals surface area (Å²) in [5.41, 5.74) is 4.68. The van der Waals surface area contributed by atoms with Crippen molar-refractivity contribution in [2.75, 3.05) is 0 Å². The molecule has 2 aromatic rings. The van der Waals surface area contributed by atoms with Gasteiger partial charge in [0.2, 0.25) is 0 Å². The van der Waals surface area contributed by atoms with Gasteiger partial charge in [0.05, 0.1) is 5.02 Å². The van der Waals surface area contributed by atoms with Gasteiger partial charge < -0.3 is 0 Å². The third kappa shape index (κ3) is 4.03. The Labute approximate surface area is 131 Å². The Balaban J connectivity index is 2.09. The highest BCUT2D eigenvalue weighted by Crippen LogP contribution is 2.22. The number of halogens is 3. The number of hydrogen-bond donors (Lipinski definition) is 2. The lowest BCUT2D eigenvalue weighted by Crippen LogP contribution is -2.38. The van der Waals surface area contributed by atoms with Crippen molar-refractivity contribution in [1.82, 2.24) is 5.43 Å². The fourth-order valence-electron chi connectivity index (χ4n) is 2.07. The molecule has 1 atom stereocenters. The highest BCUT2D eigenvalue weighted by molar-refractivity contribution is 9.10. The minimum absolute atomic E-state index is 0.00419. The van der Waals surface area contributed by atoms with Crippen LogP contribution in [0.25, 0.3) is 0 Å². The predicted octanol–water partition coefficient (Wildman–Crippen LogP) is 3.86. The van der Waals surface area contributed by atoms with Crippen molar-refractivity contribution in [3.8, 4) is 0 Å². The van der Waals surface area contributed by atoms with Gasteiger partial charge in [-0.15, -0.1) is 0 Å². The maximum Gasteiger partial charge on any atom is 0.142 e. The molecule has 0 aliphatic carbocycles. The standard InChI is InChI=1S/C15H15BrClFN2/c16-12-6-4-10(5-7-12)8-13(20-19)9-11-2-1-3-14(18)15(11)17/h1-7,13,20H,8-9,19H2. The topological polar surface area (TPSA) is 38.0 Å². The Kier molecular flexibility index (Phi) is 5.54. The molecule has 2 aromatic carbocycles. The molecule has 0 aliphatic heterocycles. The molecular formula is C15H15BrClFN2. The normalized spacial score (nSPS) is 12.4. The van der Waals surface area contributed by atoms with E-state index < -0.39 is 5.82 Å². The van der Waals surface area contributed by atoms with E-state index in [-0.39, 0.29) is 11.1 Å². The second kappa shape index (κ2) is 7.18. The van der Waals surface area contributed by atoms with Crippen molar-refractivity contribution in [2.24, 2.45) is 5.84 Å². The highest BCUT2D eigenvalue weighted by Gasteiger charge is 2.13. The number of benzene rings is 2. The summed E-state index contributed by atoms with van der Waals surface area (Å²) in [6, 6.07) is 12.8. The molecule has 0 heterocycles. The first-order valence-electron chi connectivity index (χ1n) is 6.23. The smallest absolute Gasteiger partial charge is 0.142 e. The van der Waals surface area contributed by atoms with E-state index in [2.05, 4.69) is 21.4 Å². The van der Waals surface area contributed by atoms with Gasteiger partial charge in [0.1, 0.15) is 5.82 Å². The largest absolute Gasteiger partial charge is 0.271 e. The molecule has 0 radical (unpaired) electrons. The first kappa shape index (κ1) is 15.4. The van der Waals surface area contributed by atoms with Gasteiger partial charge in [-0.25, -0.2) is 4.39 Å². The number of hydrazine groups is 1. The summed E-state index contributed by atoms with van der Waals surface area (Å²) in [4.78, 5) is 0. The molecule has 20 heavy (non-hydrogen) atoms. The Bertz CT molecular complexity index is 575. The molecule has 2 nitrogen and oxygen atoms in total. The molecule has 0 amide bonds. The second-order valence-electron chi connectivity index (χ2n) is 4.61. The van der Waals surface area contributed by atoms with Crippen LogP contribution in [-0.4, -0.2) is 6.04 Å². The van der Waals surface area contributed by atoms with Gasteiger partial charge >= 0.3 is 0 Å². The second-order valence-corrected chi connectivity index (χ2v) is 5.90. The van der Waals surface area contributed by atoms with Crippen LogP contribution >= 0.6 is 27.5 Å². The lowest BCUT2D eigenvalue weighted by Gasteiger charge is -2.17. The van der Waals surface area contributed by atoms with Crippen molar-refractivity contribution in [2.45, 2.75) is 18.9 Å². The Hall–Kier alpha value is -0.940. The Morgan fingerprint density at radius 1 is 1.15 bits per heavy atom. The molecule has 0 spiro atoms. The average molecular weight is 358 g/mol. The zero-order chi connectivity index (χ0) is 14.5. The number of rotatable bonds is 5. The third-order valence-electron chi connectivity index (χ3n) is 3.13. The average Bonchev–Trinajstić information content (AvgIpc) is 2.45. The van der Waals surface area contributed by atoms with Gasteiger partial charge in [-0.2, -0.15) is 0 Å². The Morgan fingerprint density at radius 3 is 2.50 bits per heavy atom. The van der Waals surface area contributed by atoms with E-state index >= 15 is 0 Å². The van der Waals surface area contributed by atoms with Crippen LogP contribution < -0.4 is 11.3 Å². The first-order valence-corrected chi connectivity index (χ1v) is 7.40. The molecule has 1 unspecified atom stereocenters. The number of nitrogens with two attached hydrogens (primary N) is 1. The predicted molar refractivity (Wildman–Crippen MR) is 84.1 cm³/mol. The van der Waals surface area contributed by atoms with Crippen molar-refractivity contribution < 1.29 is 4.39 Å². The summed E-state index contributed by atoms with van der Waals surface area (Å²) in [5, 5.41) is 0.170. The maximum atomic E-state index is 13.4. The van der Waals surface area contributed by atoms with Crippen LogP contribution in [-0.2, 0) is 12.8 Å². The Morgan fingerprint density at radius 2 is 1.85 bits per heavy atom. The SMILES string of the molecule is NNC(Cc1ccc(Br)cc1)Cc1cccc(F)c1Cl. The van der Waals surface area contributed by atoms with Crippen LogP contribution in [0.3, 0.4) is 0 Å². The van der Waals surface area contributed by atoms with Crippen LogP contribution in [0, 0.1) is 5.82 Å². The van der Waals surface area contributed by atoms with Crippen molar-refractivity contribution in [3.05, 3.63) is 68.9 Å². The summed E-state index contributed by atoms with van der Waals surface area (Å²) < 4.78 is 14.5. The van der Waals surface area contributed by atoms with E-state index in [0.29, 0.717) is 6.42 Å². The van der Waals surface area contributed by atoms with E-state index in [1.165, 1.54) is 6.07 Å². The van der Waals surface area contributed by atoms with Crippen LogP contribution in [0.1, 0.15) is 11.1 Å². The molecule has 0 aromatic heterocycles. The summed E-state index contributed by atoms with van der Waals surface area (Å²) in [5.74, 6) is 5.19. The molecule has 0 saturated carbocycles. The van der Waals surface area contributed by atoms with Crippen LogP contribution in [0.15, 0.2) is 46.9 Å². The van der Waals surface area contributed by atoms with E-state index in [0.717, 1.165) is 22.0 Å². The van der Waals surface area contributed by atoms with Crippen molar-refractivity contribution in [1.29, 1.82) is 0 Å². The lowest BCUT2D eigenvalue weighted by atomic mass is 9.99. The third-order valence-corrected chi connectivity index (χ3v) is 4.08. The van der Waals surface area contributed by atoms with Gasteiger partial charge in [0.25, 0.3) is 0 Å². The zero-order valence-corrected chi connectivity index (χ0v) is 13.1. The molecule has 0 saturated heterocycles. The summed E-state index contributed by atoms with van der Waals surface area (Å²) in [6.45, 7) is 0. The van der Waals surface area contributed by atoms with Crippen molar-refractivity contribution in [3.63, 3.8) is 0 Å². The zero-order valence-electron chi connectivity index (χ0n) is 10.7. The van der Waals surface area contributed by atoms with E-state index in [4.69, 9.17) is 17.4 Å². The fraction of sp³-hybridized carbons (Fsp3) is 0.200. The molecule has 2 rings (SSSR count). The minimum Gasteiger partial charge on any atom is -0.271 e. The van der Waals surface area contributed by atoms with Gasteiger partial charge in [-0.1, -0.05) is 51.8 Å². The molecule has 0 aliphatic rings. The van der Waals surface area contributed by atoms with E-state index in [1.807, 2.05) is 30.3 Å². The molecule has 106 valence electrons. The summed E-state index contributed by atoms with van der Waals surface area (Å²) >= 11 is 9.37. The molecule has 3 N–H and O–H groups in total. The lowest BCUT2D eigenvalue weighted by molar-refractivity contribution is 0.520. The minimum atomic E-state index is -0.399. The molecule has 5 heteroatoms. The van der Waals surface area contributed by atoms with Crippen LogP contribution in [0.5, 0.6) is 0 Å². The van der Waals surface area contributed by atoms with Crippen LogP contribution in [0.2, 0.25) is 5.02 Å². The fourth-order valence-corrected chi connectivity index (χ4v) is 2.53. The van der Waals surface area contributed by atoms with Gasteiger partial charge in [0, 0.05) is 10.5 Å². The van der Waals surface area contributed by atoms with Gasteiger partial charge in [-0.05, 0) is 42.2 Å². The number of nitrogens with one attached hydrogen (secondary N) is 1. The first-order chi connectivity index (χ1) is 9.60. The maximum absolute atomic E-state index is 13.4. The summed E-state index contributed by atoms with van der Waals surface area (Å²) in [7, 11) is 0. The van der Waals surface area contributed by atoms with E-state index in [9.17, 15) is 4.39 Å². The number of hydrogen-bond acceptors (Lipinski definition) is 2. The van der Waals surface area contributed by atoms with Crippen LogP contribution in [0.4, 0.5) is 4.39 Å². The highest BCUT2D eigenvalue weighted by atomic mass is 79.9. The summed E-state index contributed by atoms with van der Waals surface area (Å²) in [6.07, 6.45) is 1.32. The molecule has 0 fully saturated rings. The van der Waals surface area contributed by atoms with Gasteiger partial charge in [0.15, 0.2) is 0 Å². The molecular weight excluding hydrogens is 343 g/mol. The quantitative estimate of drug-likeness (QED) is 0.630. The van der Waals surface area contributed by atoms with Crippen molar-refractivity contribution >= 4 is 27.5 Å². The molecule has 0 bridgehead atoms.